The van der Waals surface area contributed by atoms with E-state index in [0.29, 0.717) is 37.7 Å². The fraction of sp³-hybridized carbons (Fsp3) is 0.375. The standard InChI is InChI=1S/C16H20N2O4/c1-21-14-5-3-13(11-15(14)22-2)4-6-16(20)18-9-7-17(12-19)8-10-18/h3-6,11-12H,7-10H2,1-2H3. The van der Waals surface area contributed by atoms with Crippen LogP contribution in [0.4, 0.5) is 0 Å². The van der Waals surface area contributed by atoms with E-state index in [1.807, 2.05) is 12.1 Å². The van der Waals surface area contributed by atoms with Gasteiger partial charge in [0.25, 0.3) is 0 Å². The number of benzene rings is 1. The van der Waals surface area contributed by atoms with Gasteiger partial charge in [-0.3, -0.25) is 9.59 Å². The van der Waals surface area contributed by atoms with Gasteiger partial charge in [0.15, 0.2) is 11.5 Å². The maximum absolute atomic E-state index is 12.1. The number of amides is 2. The molecular formula is C16H20N2O4. The van der Waals surface area contributed by atoms with Crippen LogP contribution < -0.4 is 9.47 Å². The molecule has 22 heavy (non-hydrogen) atoms. The minimum absolute atomic E-state index is 0.0552. The zero-order chi connectivity index (χ0) is 15.9. The number of ether oxygens (including phenoxy) is 2. The fourth-order valence-electron chi connectivity index (χ4n) is 2.28. The van der Waals surface area contributed by atoms with Crippen molar-refractivity contribution in [3.63, 3.8) is 0 Å². The van der Waals surface area contributed by atoms with Crippen LogP contribution in [-0.4, -0.2) is 62.5 Å². The average molecular weight is 304 g/mol. The van der Waals surface area contributed by atoms with Crippen LogP contribution in [0, 0.1) is 0 Å². The van der Waals surface area contributed by atoms with Crippen LogP contribution in [0.3, 0.4) is 0 Å². The quantitative estimate of drug-likeness (QED) is 0.602. The lowest BCUT2D eigenvalue weighted by atomic mass is 10.2. The van der Waals surface area contributed by atoms with Crippen molar-refractivity contribution in [3.05, 3.63) is 29.8 Å². The Labute approximate surface area is 129 Å². The van der Waals surface area contributed by atoms with Gasteiger partial charge in [0.2, 0.25) is 12.3 Å². The van der Waals surface area contributed by atoms with Crippen LogP contribution in [0.1, 0.15) is 5.56 Å². The molecule has 0 radical (unpaired) electrons. The molecule has 0 unspecified atom stereocenters. The van der Waals surface area contributed by atoms with Gasteiger partial charge in [-0.05, 0) is 23.8 Å². The lowest BCUT2D eigenvalue weighted by Gasteiger charge is -2.31. The number of hydrogen-bond acceptors (Lipinski definition) is 4. The normalized spacial score (nSPS) is 15.0. The van der Waals surface area contributed by atoms with Crippen LogP contribution in [0.2, 0.25) is 0 Å². The topological polar surface area (TPSA) is 59.1 Å². The Balaban J connectivity index is 1.99. The van der Waals surface area contributed by atoms with Crippen molar-refractivity contribution in [1.82, 2.24) is 9.80 Å². The third-order valence-corrected chi connectivity index (χ3v) is 3.60. The summed E-state index contributed by atoms with van der Waals surface area (Å²) in [7, 11) is 3.15. The van der Waals surface area contributed by atoms with Crippen LogP contribution in [0.25, 0.3) is 6.08 Å². The highest BCUT2D eigenvalue weighted by molar-refractivity contribution is 5.92. The Morgan fingerprint density at radius 3 is 2.36 bits per heavy atom. The number of carbonyl (C=O) groups excluding carboxylic acids is 2. The van der Waals surface area contributed by atoms with Gasteiger partial charge >= 0.3 is 0 Å². The molecule has 1 aromatic carbocycles. The molecule has 0 aromatic heterocycles. The third kappa shape index (κ3) is 3.78. The third-order valence-electron chi connectivity index (χ3n) is 3.60. The molecule has 0 bridgehead atoms. The number of hydrogen-bond donors (Lipinski definition) is 0. The summed E-state index contributed by atoms with van der Waals surface area (Å²) < 4.78 is 10.4. The van der Waals surface area contributed by atoms with E-state index in [4.69, 9.17) is 9.47 Å². The predicted octanol–water partition coefficient (Wildman–Crippen LogP) is 1.02. The number of methoxy groups -OCH3 is 2. The SMILES string of the molecule is COc1ccc(C=CC(=O)N2CCN(C=O)CC2)cc1OC. The molecule has 2 amide bonds. The molecule has 118 valence electrons. The van der Waals surface area contributed by atoms with Gasteiger partial charge in [0.1, 0.15) is 0 Å². The molecule has 0 atom stereocenters. The van der Waals surface area contributed by atoms with Crippen LogP contribution in [0.5, 0.6) is 11.5 Å². The van der Waals surface area contributed by atoms with E-state index in [-0.39, 0.29) is 5.91 Å². The fourth-order valence-corrected chi connectivity index (χ4v) is 2.28. The van der Waals surface area contributed by atoms with E-state index >= 15 is 0 Å². The first-order chi connectivity index (χ1) is 10.7. The molecule has 1 aromatic rings. The van der Waals surface area contributed by atoms with Gasteiger partial charge in [-0.1, -0.05) is 6.07 Å². The predicted molar refractivity (Wildman–Crippen MR) is 82.8 cm³/mol. The van der Waals surface area contributed by atoms with Crippen molar-refractivity contribution in [2.45, 2.75) is 0 Å². The summed E-state index contributed by atoms with van der Waals surface area (Å²) in [4.78, 5) is 26.2. The Bertz CT molecular complexity index is 563. The Morgan fingerprint density at radius 2 is 1.77 bits per heavy atom. The molecule has 6 nitrogen and oxygen atoms in total. The second kappa shape index (κ2) is 7.49. The van der Waals surface area contributed by atoms with E-state index < -0.39 is 0 Å². The molecule has 1 aliphatic rings. The maximum Gasteiger partial charge on any atom is 0.246 e. The first-order valence-electron chi connectivity index (χ1n) is 7.06. The van der Waals surface area contributed by atoms with Gasteiger partial charge in [-0.25, -0.2) is 0 Å². The van der Waals surface area contributed by atoms with Gasteiger partial charge in [0, 0.05) is 32.3 Å². The van der Waals surface area contributed by atoms with E-state index in [1.54, 1.807) is 36.2 Å². The van der Waals surface area contributed by atoms with Crippen molar-refractivity contribution in [3.8, 4) is 11.5 Å². The monoisotopic (exact) mass is 304 g/mol. The lowest BCUT2D eigenvalue weighted by molar-refractivity contribution is -0.130. The largest absolute Gasteiger partial charge is 0.493 e. The Kier molecular flexibility index (Phi) is 5.41. The molecule has 0 saturated carbocycles. The van der Waals surface area contributed by atoms with Gasteiger partial charge in [-0.15, -0.1) is 0 Å². The summed E-state index contributed by atoms with van der Waals surface area (Å²) in [6.45, 7) is 2.29. The number of rotatable bonds is 5. The molecule has 1 aliphatic heterocycles. The zero-order valence-corrected chi connectivity index (χ0v) is 12.8. The summed E-state index contributed by atoms with van der Waals surface area (Å²) in [6.07, 6.45) is 4.11. The first kappa shape index (κ1) is 15.9. The van der Waals surface area contributed by atoms with Crippen LogP contribution in [-0.2, 0) is 9.59 Å². The summed E-state index contributed by atoms with van der Waals surface area (Å²) in [5.74, 6) is 1.22. The minimum atomic E-state index is -0.0552. The van der Waals surface area contributed by atoms with E-state index in [2.05, 4.69) is 0 Å². The summed E-state index contributed by atoms with van der Waals surface area (Å²) in [5, 5.41) is 0. The molecule has 2 rings (SSSR count). The van der Waals surface area contributed by atoms with Gasteiger partial charge < -0.3 is 19.3 Å². The molecule has 1 saturated heterocycles. The van der Waals surface area contributed by atoms with Gasteiger partial charge in [0.05, 0.1) is 14.2 Å². The molecule has 6 heteroatoms. The van der Waals surface area contributed by atoms with Crippen molar-refractivity contribution >= 4 is 18.4 Å². The maximum atomic E-state index is 12.1. The Morgan fingerprint density at radius 1 is 1.09 bits per heavy atom. The highest BCUT2D eigenvalue weighted by Gasteiger charge is 2.18. The molecule has 0 spiro atoms. The second-order valence-electron chi connectivity index (χ2n) is 4.91. The van der Waals surface area contributed by atoms with E-state index in [0.717, 1.165) is 12.0 Å². The number of carbonyl (C=O) groups is 2. The number of nitrogens with zero attached hydrogens (tertiary/aromatic N) is 2. The van der Waals surface area contributed by atoms with E-state index in [1.165, 1.54) is 6.08 Å². The second-order valence-corrected chi connectivity index (χ2v) is 4.91. The first-order valence-corrected chi connectivity index (χ1v) is 7.06. The lowest BCUT2D eigenvalue weighted by Crippen LogP contribution is -2.47. The highest BCUT2D eigenvalue weighted by atomic mass is 16.5. The average Bonchev–Trinajstić information content (AvgIpc) is 2.59. The smallest absolute Gasteiger partial charge is 0.246 e. The molecule has 1 heterocycles. The van der Waals surface area contributed by atoms with E-state index in [9.17, 15) is 9.59 Å². The minimum Gasteiger partial charge on any atom is -0.493 e. The van der Waals surface area contributed by atoms with Gasteiger partial charge in [-0.2, -0.15) is 0 Å². The van der Waals surface area contributed by atoms with Crippen molar-refractivity contribution in [1.29, 1.82) is 0 Å². The molecule has 0 aliphatic carbocycles. The van der Waals surface area contributed by atoms with Crippen molar-refractivity contribution < 1.29 is 19.1 Å². The number of piperazine rings is 1. The van der Waals surface area contributed by atoms with Crippen molar-refractivity contribution in [2.24, 2.45) is 0 Å². The molecule has 0 N–H and O–H groups in total. The molecular weight excluding hydrogens is 284 g/mol. The summed E-state index contributed by atoms with van der Waals surface area (Å²) in [6, 6.07) is 5.47. The summed E-state index contributed by atoms with van der Waals surface area (Å²) >= 11 is 0. The Hall–Kier alpha value is -2.50. The van der Waals surface area contributed by atoms with Crippen molar-refractivity contribution in [2.75, 3.05) is 40.4 Å². The summed E-state index contributed by atoms with van der Waals surface area (Å²) in [5.41, 5.74) is 0.859. The zero-order valence-electron chi connectivity index (χ0n) is 12.8. The molecule has 1 fully saturated rings. The highest BCUT2D eigenvalue weighted by Crippen LogP contribution is 2.27. The van der Waals surface area contributed by atoms with Crippen LogP contribution in [0.15, 0.2) is 24.3 Å². The van der Waals surface area contributed by atoms with Crippen LogP contribution >= 0.6 is 0 Å².